The van der Waals surface area contributed by atoms with Crippen LogP contribution >= 0.6 is 11.3 Å². The Balaban J connectivity index is 1.92. The fourth-order valence-corrected chi connectivity index (χ4v) is 2.77. The van der Waals surface area contributed by atoms with Crippen LogP contribution < -0.4 is 15.8 Å². The Bertz CT molecular complexity index is 655. The Morgan fingerprint density at radius 1 is 1.39 bits per heavy atom. The number of hydrogen-bond donors (Lipinski definition) is 2. The second-order valence-corrected chi connectivity index (χ2v) is 6.66. The minimum Gasteiger partial charge on any atom is -0.480 e. The van der Waals surface area contributed by atoms with Gasteiger partial charge < -0.3 is 15.8 Å². The zero-order valence-corrected chi connectivity index (χ0v) is 14.5. The van der Waals surface area contributed by atoms with E-state index in [2.05, 4.69) is 10.3 Å². The van der Waals surface area contributed by atoms with Gasteiger partial charge in [0.15, 0.2) is 11.2 Å². The van der Waals surface area contributed by atoms with E-state index in [9.17, 15) is 4.79 Å². The maximum absolute atomic E-state index is 12.4. The molecular formula is C17H23N3O2S. The van der Waals surface area contributed by atoms with E-state index in [0.717, 1.165) is 17.0 Å². The highest BCUT2D eigenvalue weighted by Gasteiger charge is 2.24. The molecule has 1 heterocycles. The maximum Gasteiger partial charge on any atom is 0.261 e. The van der Waals surface area contributed by atoms with Crippen LogP contribution in [-0.4, -0.2) is 23.5 Å². The number of anilines is 1. The van der Waals surface area contributed by atoms with Crippen LogP contribution in [-0.2, 0) is 11.2 Å². The third-order valence-corrected chi connectivity index (χ3v) is 4.18. The fourth-order valence-electron chi connectivity index (χ4n) is 2.17. The summed E-state index contributed by atoms with van der Waals surface area (Å²) < 4.78 is 5.93. The van der Waals surface area contributed by atoms with Crippen LogP contribution in [0.2, 0.25) is 0 Å². The van der Waals surface area contributed by atoms with E-state index in [4.69, 9.17) is 10.5 Å². The number of aromatic nitrogens is 1. The van der Waals surface area contributed by atoms with E-state index < -0.39 is 6.10 Å². The van der Waals surface area contributed by atoms with Crippen LogP contribution in [0.5, 0.6) is 5.75 Å². The van der Waals surface area contributed by atoms with Gasteiger partial charge in [0, 0.05) is 18.3 Å². The molecule has 5 nitrogen and oxygen atoms in total. The predicted octanol–water partition coefficient (Wildman–Crippen LogP) is 2.80. The number of para-hydroxylation sites is 1. The van der Waals surface area contributed by atoms with Crippen molar-refractivity contribution in [3.05, 3.63) is 40.9 Å². The number of nitrogens with two attached hydrogens (primary N) is 1. The average Bonchev–Trinajstić information content (AvgIpc) is 2.91. The summed E-state index contributed by atoms with van der Waals surface area (Å²) in [6.45, 7) is 6.44. The van der Waals surface area contributed by atoms with Crippen molar-refractivity contribution in [1.82, 2.24) is 10.3 Å². The molecule has 0 saturated heterocycles. The number of nitrogens with one attached hydrogen (secondary N) is 1. The minimum atomic E-state index is -0.517. The molecular weight excluding hydrogens is 310 g/mol. The van der Waals surface area contributed by atoms with E-state index in [0.29, 0.717) is 18.1 Å². The molecule has 0 unspecified atom stereocenters. The molecule has 0 aliphatic rings. The van der Waals surface area contributed by atoms with E-state index in [1.165, 1.54) is 11.3 Å². The molecule has 0 fully saturated rings. The minimum absolute atomic E-state index is 0.0736. The molecule has 1 aromatic carbocycles. The molecule has 2 rings (SSSR count). The van der Waals surface area contributed by atoms with Crippen molar-refractivity contribution in [2.24, 2.45) is 5.92 Å². The zero-order chi connectivity index (χ0) is 16.8. The van der Waals surface area contributed by atoms with Gasteiger partial charge in [-0.1, -0.05) is 32.0 Å². The molecule has 0 radical (unpaired) electrons. The number of nitrogens with zero attached hydrogens (tertiary/aromatic N) is 1. The fraction of sp³-hybridized carbons (Fsp3) is 0.412. The third kappa shape index (κ3) is 4.96. The molecule has 23 heavy (non-hydrogen) atoms. The molecule has 0 spiro atoms. The number of ether oxygens (including phenoxy) is 1. The summed E-state index contributed by atoms with van der Waals surface area (Å²) in [5.41, 5.74) is 7.51. The Morgan fingerprint density at radius 2 is 2.13 bits per heavy atom. The Morgan fingerprint density at radius 3 is 2.74 bits per heavy atom. The van der Waals surface area contributed by atoms with Crippen molar-refractivity contribution < 1.29 is 9.53 Å². The van der Waals surface area contributed by atoms with E-state index in [-0.39, 0.29) is 11.8 Å². The summed E-state index contributed by atoms with van der Waals surface area (Å²) in [4.78, 5) is 16.6. The highest BCUT2D eigenvalue weighted by atomic mass is 32.1. The molecule has 0 saturated carbocycles. The van der Waals surface area contributed by atoms with Gasteiger partial charge >= 0.3 is 0 Å². The lowest BCUT2D eigenvalue weighted by Crippen LogP contribution is -2.42. The third-order valence-electron chi connectivity index (χ3n) is 3.46. The van der Waals surface area contributed by atoms with Crippen molar-refractivity contribution in [2.75, 3.05) is 12.3 Å². The monoisotopic (exact) mass is 333 g/mol. The molecule has 0 bridgehead atoms. The highest BCUT2D eigenvalue weighted by Crippen LogP contribution is 2.20. The molecule has 0 aliphatic heterocycles. The van der Waals surface area contributed by atoms with Gasteiger partial charge in [0.05, 0.1) is 5.69 Å². The quantitative estimate of drug-likeness (QED) is 0.817. The molecule has 2 aromatic rings. The number of rotatable bonds is 7. The predicted molar refractivity (Wildman–Crippen MR) is 93.7 cm³/mol. The molecule has 0 aliphatic carbocycles. The van der Waals surface area contributed by atoms with Gasteiger partial charge in [-0.3, -0.25) is 4.79 Å². The summed E-state index contributed by atoms with van der Waals surface area (Å²) >= 11 is 1.41. The summed E-state index contributed by atoms with van der Waals surface area (Å²) in [7, 11) is 0. The average molecular weight is 333 g/mol. The first kappa shape index (κ1) is 17.3. The first-order valence-electron chi connectivity index (χ1n) is 7.67. The number of aryl methyl sites for hydroxylation is 1. The maximum atomic E-state index is 12.4. The Kier molecular flexibility index (Phi) is 5.98. The van der Waals surface area contributed by atoms with Crippen LogP contribution in [0, 0.1) is 12.8 Å². The van der Waals surface area contributed by atoms with Gasteiger partial charge in [0.1, 0.15) is 5.75 Å². The van der Waals surface area contributed by atoms with Gasteiger partial charge in [0.2, 0.25) is 0 Å². The molecule has 6 heteroatoms. The first-order chi connectivity index (χ1) is 11.0. The van der Waals surface area contributed by atoms with Crippen molar-refractivity contribution in [1.29, 1.82) is 0 Å². The SMILES string of the molecule is Cc1ccccc1O[C@@H](C(=O)NCCc1csc(N)n1)C(C)C. The number of nitrogen functional groups attached to an aromatic ring is 1. The number of benzene rings is 1. The number of amides is 1. The van der Waals surface area contributed by atoms with Crippen molar-refractivity contribution in [2.45, 2.75) is 33.3 Å². The van der Waals surface area contributed by atoms with Crippen LogP contribution in [0.3, 0.4) is 0 Å². The smallest absolute Gasteiger partial charge is 0.261 e. The van der Waals surface area contributed by atoms with E-state index in [1.54, 1.807) is 0 Å². The van der Waals surface area contributed by atoms with Gasteiger partial charge in [0.25, 0.3) is 5.91 Å². The van der Waals surface area contributed by atoms with Gasteiger partial charge in [-0.2, -0.15) is 0 Å². The molecule has 1 aromatic heterocycles. The molecule has 124 valence electrons. The Labute approximate surface area is 140 Å². The second-order valence-electron chi connectivity index (χ2n) is 5.77. The largest absolute Gasteiger partial charge is 0.480 e. The van der Waals surface area contributed by atoms with Crippen LogP contribution in [0.25, 0.3) is 0 Å². The summed E-state index contributed by atoms with van der Waals surface area (Å²) in [6, 6.07) is 7.71. The molecule has 1 amide bonds. The Hall–Kier alpha value is -2.08. The number of hydrogen-bond acceptors (Lipinski definition) is 5. The highest BCUT2D eigenvalue weighted by molar-refractivity contribution is 7.13. The normalized spacial score (nSPS) is 12.2. The summed E-state index contributed by atoms with van der Waals surface area (Å²) in [5.74, 6) is 0.713. The number of thiazole rings is 1. The van der Waals surface area contributed by atoms with Crippen molar-refractivity contribution >= 4 is 22.4 Å². The lowest BCUT2D eigenvalue weighted by Gasteiger charge is -2.22. The van der Waals surface area contributed by atoms with Crippen LogP contribution in [0.4, 0.5) is 5.13 Å². The second kappa shape index (κ2) is 7.97. The van der Waals surface area contributed by atoms with Gasteiger partial charge in [-0.25, -0.2) is 4.98 Å². The first-order valence-corrected chi connectivity index (χ1v) is 8.55. The van der Waals surface area contributed by atoms with E-state index in [1.807, 2.05) is 50.4 Å². The number of carbonyl (C=O) groups excluding carboxylic acids is 1. The van der Waals surface area contributed by atoms with Crippen LogP contribution in [0.1, 0.15) is 25.1 Å². The van der Waals surface area contributed by atoms with Gasteiger partial charge in [-0.05, 0) is 24.5 Å². The molecule has 1 atom stereocenters. The van der Waals surface area contributed by atoms with Crippen molar-refractivity contribution in [3.8, 4) is 5.75 Å². The summed E-state index contributed by atoms with van der Waals surface area (Å²) in [5, 5.41) is 5.38. The summed E-state index contributed by atoms with van der Waals surface area (Å²) in [6.07, 6.45) is 0.144. The zero-order valence-electron chi connectivity index (χ0n) is 13.7. The van der Waals surface area contributed by atoms with Crippen molar-refractivity contribution in [3.63, 3.8) is 0 Å². The number of carbonyl (C=O) groups is 1. The lowest BCUT2D eigenvalue weighted by atomic mass is 10.1. The lowest BCUT2D eigenvalue weighted by molar-refractivity contribution is -0.129. The topological polar surface area (TPSA) is 77.2 Å². The van der Waals surface area contributed by atoms with Gasteiger partial charge in [-0.15, -0.1) is 11.3 Å². The standard InChI is InChI=1S/C17H23N3O2S/c1-11(2)15(22-14-7-5-4-6-12(14)3)16(21)19-9-8-13-10-23-17(18)20-13/h4-7,10-11,15H,8-9H2,1-3H3,(H2,18,20)(H,19,21)/t15-/m1/s1. The van der Waals surface area contributed by atoms with E-state index >= 15 is 0 Å². The van der Waals surface area contributed by atoms with Crippen LogP contribution in [0.15, 0.2) is 29.6 Å². The molecule has 3 N–H and O–H groups in total.